The fraction of sp³-hybridized carbons (Fsp3) is 0.462. The number of anilines is 1. The molecule has 0 spiro atoms. The van der Waals surface area contributed by atoms with Crippen molar-refractivity contribution >= 4 is 21.7 Å². The van der Waals surface area contributed by atoms with Crippen LogP contribution in [0.4, 0.5) is 10.1 Å². The number of methoxy groups -OCH3 is 1. The molecule has 1 aromatic rings. The van der Waals surface area contributed by atoms with Crippen molar-refractivity contribution in [3.05, 3.63) is 23.5 Å². The molecule has 0 aromatic heterocycles. The third-order valence-electron chi connectivity index (χ3n) is 3.14. The average Bonchev–Trinajstić information content (AvgIpc) is 2.41. The Morgan fingerprint density at radius 3 is 2.57 bits per heavy atom. The molecule has 1 atom stereocenters. The summed E-state index contributed by atoms with van der Waals surface area (Å²) >= 11 is 0. The number of benzene rings is 1. The van der Waals surface area contributed by atoms with Gasteiger partial charge in [-0.1, -0.05) is 6.92 Å². The van der Waals surface area contributed by atoms with E-state index in [0.29, 0.717) is 5.56 Å². The molecule has 1 rings (SSSR count). The van der Waals surface area contributed by atoms with Gasteiger partial charge in [0.25, 0.3) is 0 Å². The van der Waals surface area contributed by atoms with Crippen LogP contribution in [0.3, 0.4) is 0 Å². The van der Waals surface area contributed by atoms with Crippen LogP contribution in [0.5, 0.6) is 0 Å². The predicted octanol–water partition coefficient (Wildman–Crippen LogP) is 1.15. The maximum Gasteiger partial charge on any atom is 0.309 e. The van der Waals surface area contributed by atoms with E-state index in [4.69, 9.17) is 5.73 Å². The summed E-state index contributed by atoms with van der Waals surface area (Å²) in [4.78, 5) is 10.8. The van der Waals surface area contributed by atoms with Crippen molar-refractivity contribution in [2.75, 3.05) is 26.4 Å². The van der Waals surface area contributed by atoms with E-state index in [1.807, 2.05) is 0 Å². The molecule has 0 radical (unpaired) electrons. The van der Waals surface area contributed by atoms with Crippen molar-refractivity contribution in [3.8, 4) is 0 Å². The zero-order chi connectivity index (χ0) is 16.4. The molecule has 8 heteroatoms. The van der Waals surface area contributed by atoms with Gasteiger partial charge in [0.1, 0.15) is 10.7 Å². The summed E-state index contributed by atoms with van der Waals surface area (Å²) in [6.45, 7) is 2.98. The molecule has 0 bridgehead atoms. The van der Waals surface area contributed by atoms with Crippen LogP contribution in [0.15, 0.2) is 17.0 Å². The van der Waals surface area contributed by atoms with E-state index < -0.39 is 32.6 Å². The Bertz CT molecular complexity index is 646. The summed E-state index contributed by atoms with van der Waals surface area (Å²) in [5.41, 5.74) is 6.27. The van der Waals surface area contributed by atoms with Crippen molar-refractivity contribution < 1.29 is 22.3 Å². The van der Waals surface area contributed by atoms with Gasteiger partial charge in [0.15, 0.2) is 0 Å². The lowest BCUT2D eigenvalue weighted by molar-refractivity contribution is -0.144. The highest BCUT2D eigenvalue weighted by Gasteiger charge is 2.28. The molecule has 2 N–H and O–H groups in total. The SMILES string of the molecule is COC(=O)C(C)CN(C)S(=O)(=O)c1cc(N)c(C)cc1F. The van der Waals surface area contributed by atoms with Crippen LogP contribution in [0.2, 0.25) is 0 Å². The normalized spacial score (nSPS) is 13.2. The largest absolute Gasteiger partial charge is 0.469 e. The maximum absolute atomic E-state index is 13.9. The van der Waals surface area contributed by atoms with E-state index in [0.717, 1.165) is 16.4 Å². The number of hydrogen-bond donors (Lipinski definition) is 1. The minimum atomic E-state index is -4.08. The lowest BCUT2D eigenvalue weighted by Gasteiger charge is -2.20. The first-order valence-electron chi connectivity index (χ1n) is 6.21. The Hall–Kier alpha value is -1.67. The molecule has 21 heavy (non-hydrogen) atoms. The van der Waals surface area contributed by atoms with Crippen molar-refractivity contribution in [2.24, 2.45) is 5.92 Å². The summed E-state index contributed by atoms with van der Waals surface area (Å²) in [7, 11) is -1.59. The first-order chi connectivity index (χ1) is 9.61. The van der Waals surface area contributed by atoms with Gasteiger partial charge in [0.2, 0.25) is 10.0 Å². The number of ether oxygens (including phenoxy) is 1. The molecule has 1 aromatic carbocycles. The second-order valence-electron chi connectivity index (χ2n) is 4.85. The molecule has 0 saturated heterocycles. The predicted molar refractivity (Wildman–Crippen MR) is 76.5 cm³/mol. The third-order valence-corrected chi connectivity index (χ3v) is 4.98. The van der Waals surface area contributed by atoms with Crippen molar-refractivity contribution in [2.45, 2.75) is 18.7 Å². The van der Waals surface area contributed by atoms with Crippen LogP contribution < -0.4 is 5.73 Å². The molecule has 0 saturated carbocycles. The Morgan fingerprint density at radius 1 is 1.48 bits per heavy atom. The monoisotopic (exact) mass is 318 g/mol. The summed E-state index contributed by atoms with van der Waals surface area (Å²) in [6.07, 6.45) is 0. The van der Waals surface area contributed by atoms with Gasteiger partial charge in [-0.15, -0.1) is 0 Å². The summed E-state index contributed by atoms with van der Waals surface area (Å²) in [5, 5.41) is 0. The Labute approximate surface area is 123 Å². The smallest absolute Gasteiger partial charge is 0.309 e. The number of nitrogen functional groups attached to an aromatic ring is 1. The topological polar surface area (TPSA) is 89.7 Å². The highest BCUT2D eigenvalue weighted by molar-refractivity contribution is 7.89. The first kappa shape index (κ1) is 17.4. The standard InChI is InChI=1S/C13H19FN2O4S/c1-8-5-10(14)12(6-11(8)15)21(18,19)16(3)7-9(2)13(17)20-4/h5-6,9H,7,15H2,1-4H3. The molecule has 0 aliphatic rings. The number of sulfonamides is 1. The van der Waals surface area contributed by atoms with Gasteiger partial charge in [0.05, 0.1) is 13.0 Å². The molecular formula is C13H19FN2O4S. The zero-order valence-electron chi connectivity index (χ0n) is 12.4. The zero-order valence-corrected chi connectivity index (χ0v) is 13.2. The van der Waals surface area contributed by atoms with Crippen LogP contribution in [0, 0.1) is 18.7 Å². The van der Waals surface area contributed by atoms with E-state index in [9.17, 15) is 17.6 Å². The van der Waals surface area contributed by atoms with Crippen LogP contribution in [0.1, 0.15) is 12.5 Å². The highest BCUT2D eigenvalue weighted by atomic mass is 32.2. The third kappa shape index (κ3) is 3.70. The minimum absolute atomic E-state index is 0.123. The van der Waals surface area contributed by atoms with Gasteiger partial charge in [-0.2, -0.15) is 4.31 Å². The first-order valence-corrected chi connectivity index (χ1v) is 7.65. The minimum Gasteiger partial charge on any atom is -0.469 e. The lowest BCUT2D eigenvalue weighted by Crippen LogP contribution is -2.34. The number of halogens is 1. The Kier molecular flexibility index (Phi) is 5.30. The number of aryl methyl sites for hydroxylation is 1. The molecule has 0 amide bonds. The average molecular weight is 318 g/mol. The molecule has 118 valence electrons. The molecule has 0 aliphatic heterocycles. The number of carbonyl (C=O) groups is 1. The van der Waals surface area contributed by atoms with E-state index in [2.05, 4.69) is 4.74 Å². The summed E-state index contributed by atoms with van der Waals surface area (Å²) in [5.74, 6) is -2.08. The molecular weight excluding hydrogens is 299 g/mol. The van der Waals surface area contributed by atoms with Crippen LogP contribution in [-0.4, -0.2) is 39.4 Å². The van der Waals surface area contributed by atoms with Gasteiger partial charge in [-0.05, 0) is 24.6 Å². The van der Waals surface area contributed by atoms with Gasteiger partial charge in [-0.3, -0.25) is 4.79 Å². The second kappa shape index (κ2) is 6.40. The fourth-order valence-corrected chi connectivity index (χ4v) is 3.13. The molecule has 0 heterocycles. The fourth-order valence-electron chi connectivity index (χ4n) is 1.79. The van der Waals surface area contributed by atoms with E-state index in [-0.39, 0.29) is 12.2 Å². The Balaban J connectivity index is 3.11. The van der Waals surface area contributed by atoms with E-state index in [1.165, 1.54) is 21.1 Å². The summed E-state index contributed by atoms with van der Waals surface area (Å²) in [6, 6.07) is 2.15. The molecule has 0 fully saturated rings. The van der Waals surface area contributed by atoms with Crippen molar-refractivity contribution in [1.29, 1.82) is 0 Å². The highest BCUT2D eigenvalue weighted by Crippen LogP contribution is 2.24. The van der Waals surface area contributed by atoms with Gasteiger partial charge in [-0.25, -0.2) is 12.8 Å². The number of carbonyl (C=O) groups excluding carboxylic acids is 1. The number of rotatable bonds is 5. The number of esters is 1. The molecule has 1 unspecified atom stereocenters. The quantitative estimate of drug-likeness (QED) is 0.649. The van der Waals surface area contributed by atoms with Crippen molar-refractivity contribution in [1.82, 2.24) is 4.31 Å². The van der Waals surface area contributed by atoms with Crippen LogP contribution in [0.25, 0.3) is 0 Å². The van der Waals surface area contributed by atoms with Crippen LogP contribution >= 0.6 is 0 Å². The van der Waals surface area contributed by atoms with Crippen molar-refractivity contribution in [3.63, 3.8) is 0 Å². The number of nitrogens with two attached hydrogens (primary N) is 1. The number of hydrogen-bond acceptors (Lipinski definition) is 5. The van der Waals surface area contributed by atoms with E-state index in [1.54, 1.807) is 6.92 Å². The van der Waals surface area contributed by atoms with Gasteiger partial charge >= 0.3 is 5.97 Å². The van der Waals surface area contributed by atoms with Crippen LogP contribution in [-0.2, 0) is 19.6 Å². The summed E-state index contributed by atoms with van der Waals surface area (Å²) < 4.78 is 44.0. The Morgan fingerprint density at radius 2 is 2.05 bits per heavy atom. The lowest BCUT2D eigenvalue weighted by atomic mass is 10.2. The van der Waals surface area contributed by atoms with E-state index >= 15 is 0 Å². The number of nitrogens with zero attached hydrogens (tertiary/aromatic N) is 1. The van der Waals surface area contributed by atoms with Gasteiger partial charge in [0, 0.05) is 19.3 Å². The van der Waals surface area contributed by atoms with Gasteiger partial charge < -0.3 is 10.5 Å². The molecule has 6 nitrogen and oxygen atoms in total. The maximum atomic E-state index is 13.9. The molecule has 0 aliphatic carbocycles. The second-order valence-corrected chi connectivity index (χ2v) is 6.86.